The van der Waals surface area contributed by atoms with Crippen LogP contribution >= 0.6 is 7.60 Å². The highest BCUT2D eigenvalue weighted by atomic mass is 31.2. The SMILES string of the molecule is CCOP(=O)(OCC)C(Nc1ccc2c(C)cc(=O)oc2c1)c1ccc(C(=O)O)cc1. The van der Waals surface area contributed by atoms with Crippen LogP contribution in [0.25, 0.3) is 11.0 Å². The number of aryl methyl sites for hydroxylation is 1. The van der Waals surface area contributed by atoms with Crippen molar-refractivity contribution < 1.29 is 27.9 Å². The summed E-state index contributed by atoms with van der Waals surface area (Å²) in [6.45, 7) is 5.56. The second-order valence-electron chi connectivity index (χ2n) is 6.81. The number of carboxylic acids is 1. The van der Waals surface area contributed by atoms with E-state index in [1.807, 2.05) is 6.92 Å². The highest BCUT2D eigenvalue weighted by Crippen LogP contribution is 2.60. The van der Waals surface area contributed by atoms with Gasteiger partial charge < -0.3 is 23.9 Å². The minimum atomic E-state index is -3.69. The summed E-state index contributed by atoms with van der Waals surface area (Å²) in [4.78, 5) is 23.0. The molecule has 1 heterocycles. The Morgan fingerprint density at radius 3 is 2.32 bits per heavy atom. The molecule has 1 unspecified atom stereocenters. The summed E-state index contributed by atoms with van der Waals surface area (Å²) >= 11 is 0. The van der Waals surface area contributed by atoms with Crippen molar-refractivity contribution in [1.82, 2.24) is 0 Å². The molecule has 0 saturated heterocycles. The monoisotopic (exact) mass is 445 g/mol. The molecule has 0 aliphatic carbocycles. The van der Waals surface area contributed by atoms with Crippen LogP contribution in [0.1, 0.15) is 41.1 Å². The van der Waals surface area contributed by atoms with E-state index in [-0.39, 0.29) is 18.8 Å². The van der Waals surface area contributed by atoms with Crippen molar-refractivity contribution in [1.29, 1.82) is 0 Å². The van der Waals surface area contributed by atoms with Crippen LogP contribution < -0.4 is 10.9 Å². The van der Waals surface area contributed by atoms with Gasteiger partial charge in [-0.15, -0.1) is 0 Å². The molecule has 0 spiro atoms. The second-order valence-corrected chi connectivity index (χ2v) is 8.92. The summed E-state index contributed by atoms with van der Waals surface area (Å²) in [6, 6.07) is 12.6. The first-order valence-corrected chi connectivity index (χ1v) is 11.4. The Morgan fingerprint density at radius 2 is 1.74 bits per heavy atom. The van der Waals surface area contributed by atoms with Gasteiger partial charge in [0.05, 0.1) is 18.8 Å². The Hall–Kier alpha value is -2.93. The Kier molecular flexibility index (Phi) is 6.95. The van der Waals surface area contributed by atoms with E-state index in [0.29, 0.717) is 16.8 Å². The number of nitrogens with one attached hydrogen (secondary N) is 1. The summed E-state index contributed by atoms with van der Waals surface area (Å²) in [6.07, 6.45) is 0. The quantitative estimate of drug-likeness (QED) is 0.342. The fraction of sp³-hybridized carbons (Fsp3) is 0.273. The van der Waals surface area contributed by atoms with Gasteiger partial charge in [0.2, 0.25) is 0 Å². The smallest absolute Gasteiger partial charge is 0.357 e. The van der Waals surface area contributed by atoms with Gasteiger partial charge in [0, 0.05) is 23.2 Å². The van der Waals surface area contributed by atoms with Gasteiger partial charge in [0.15, 0.2) is 5.78 Å². The number of benzene rings is 2. The third kappa shape index (κ3) is 5.05. The number of carboxylic acid groups (broad SMARTS) is 1. The predicted molar refractivity (Wildman–Crippen MR) is 118 cm³/mol. The standard InChI is InChI=1S/C22H24NO7P/c1-4-28-31(27,29-5-2)21(15-6-8-16(9-7-15)22(25)26)23-17-10-11-18-14(3)12-20(24)30-19(18)13-17/h6-13,21,23H,4-5H2,1-3H3,(H,25,26). The van der Waals surface area contributed by atoms with E-state index < -0.39 is 25.0 Å². The van der Waals surface area contributed by atoms with Crippen LogP contribution in [-0.4, -0.2) is 24.3 Å². The number of rotatable bonds is 9. The number of aromatic carboxylic acids is 1. The van der Waals surface area contributed by atoms with Crippen molar-refractivity contribution in [2.24, 2.45) is 0 Å². The van der Waals surface area contributed by atoms with Crippen molar-refractivity contribution in [3.05, 3.63) is 75.6 Å². The predicted octanol–water partition coefficient (Wildman–Crippen LogP) is 5.18. The van der Waals surface area contributed by atoms with Crippen LogP contribution in [0.5, 0.6) is 0 Å². The van der Waals surface area contributed by atoms with E-state index in [2.05, 4.69) is 5.32 Å². The molecule has 8 nitrogen and oxygen atoms in total. The van der Waals surface area contributed by atoms with E-state index in [0.717, 1.165) is 10.9 Å². The number of anilines is 1. The van der Waals surface area contributed by atoms with E-state index in [1.54, 1.807) is 44.2 Å². The van der Waals surface area contributed by atoms with Crippen molar-refractivity contribution in [2.75, 3.05) is 18.5 Å². The maximum absolute atomic E-state index is 13.6. The van der Waals surface area contributed by atoms with E-state index >= 15 is 0 Å². The molecule has 0 aliphatic heterocycles. The molecule has 164 valence electrons. The van der Waals surface area contributed by atoms with Gasteiger partial charge in [-0.2, -0.15) is 0 Å². The van der Waals surface area contributed by atoms with Crippen molar-refractivity contribution in [2.45, 2.75) is 26.6 Å². The van der Waals surface area contributed by atoms with Gasteiger partial charge >= 0.3 is 19.2 Å². The first-order chi connectivity index (χ1) is 14.8. The Bertz CT molecular complexity index is 1180. The molecule has 9 heteroatoms. The lowest BCUT2D eigenvalue weighted by Gasteiger charge is -2.28. The van der Waals surface area contributed by atoms with Crippen LogP contribution in [0, 0.1) is 6.92 Å². The fourth-order valence-electron chi connectivity index (χ4n) is 3.27. The van der Waals surface area contributed by atoms with Crippen LogP contribution in [0.15, 0.2) is 57.7 Å². The van der Waals surface area contributed by atoms with Crippen molar-refractivity contribution in [3.8, 4) is 0 Å². The lowest BCUT2D eigenvalue weighted by atomic mass is 10.1. The Balaban J connectivity index is 2.07. The lowest BCUT2D eigenvalue weighted by molar-refractivity contribution is 0.0697. The molecule has 1 aromatic heterocycles. The summed E-state index contributed by atoms with van der Waals surface area (Å²) < 4.78 is 30.0. The summed E-state index contributed by atoms with van der Waals surface area (Å²) in [5.74, 6) is -1.97. The molecule has 0 aliphatic rings. The summed E-state index contributed by atoms with van der Waals surface area (Å²) in [5.41, 5.74) is 1.88. The number of hydrogen-bond donors (Lipinski definition) is 2. The number of fused-ring (bicyclic) bond motifs is 1. The Morgan fingerprint density at radius 1 is 1.10 bits per heavy atom. The van der Waals surface area contributed by atoms with E-state index in [4.69, 9.17) is 18.6 Å². The molecule has 31 heavy (non-hydrogen) atoms. The largest absolute Gasteiger partial charge is 0.478 e. The average Bonchev–Trinajstić information content (AvgIpc) is 2.72. The van der Waals surface area contributed by atoms with Crippen LogP contribution in [0.3, 0.4) is 0 Å². The van der Waals surface area contributed by atoms with Crippen molar-refractivity contribution >= 4 is 30.2 Å². The maximum Gasteiger partial charge on any atom is 0.357 e. The van der Waals surface area contributed by atoms with Gasteiger partial charge in [-0.25, -0.2) is 9.59 Å². The normalized spacial score (nSPS) is 12.6. The summed E-state index contributed by atoms with van der Waals surface area (Å²) in [7, 11) is -3.69. The molecule has 0 radical (unpaired) electrons. The van der Waals surface area contributed by atoms with Crippen LogP contribution in [0.2, 0.25) is 0 Å². The molecule has 1 atom stereocenters. The minimum absolute atomic E-state index is 0.105. The third-order valence-electron chi connectivity index (χ3n) is 4.66. The number of carbonyl (C=O) groups is 1. The zero-order valence-electron chi connectivity index (χ0n) is 17.5. The molecular weight excluding hydrogens is 421 g/mol. The lowest BCUT2D eigenvalue weighted by Crippen LogP contribution is -2.15. The summed E-state index contributed by atoms with van der Waals surface area (Å²) in [5, 5.41) is 13.1. The van der Waals surface area contributed by atoms with E-state index in [9.17, 15) is 14.2 Å². The Labute approximate surface area is 179 Å². The second kappa shape index (κ2) is 9.47. The first kappa shape index (κ1) is 22.7. The molecular formula is C22H24NO7P. The molecule has 3 rings (SSSR count). The van der Waals surface area contributed by atoms with Gasteiger partial charge in [0.1, 0.15) is 5.58 Å². The first-order valence-electron chi connectivity index (χ1n) is 9.80. The average molecular weight is 445 g/mol. The highest BCUT2D eigenvalue weighted by molar-refractivity contribution is 7.54. The highest BCUT2D eigenvalue weighted by Gasteiger charge is 2.37. The zero-order chi connectivity index (χ0) is 22.6. The topological polar surface area (TPSA) is 115 Å². The number of hydrogen-bond acceptors (Lipinski definition) is 7. The van der Waals surface area contributed by atoms with Gasteiger partial charge in [-0.3, -0.25) is 4.57 Å². The maximum atomic E-state index is 13.6. The van der Waals surface area contributed by atoms with Crippen LogP contribution in [0.4, 0.5) is 5.69 Å². The van der Waals surface area contributed by atoms with Crippen LogP contribution in [-0.2, 0) is 13.6 Å². The van der Waals surface area contributed by atoms with Gasteiger partial charge in [-0.1, -0.05) is 12.1 Å². The zero-order valence-corrected chi connectivity index (χ0v) is 18.3. The molecule has 0 saturated carbocycles. The van der Waals surface area contributed by atoms with E-state index in [1.165, 1.54) is 18.2 Å². The molecule has 2 aromatic carbocycles. The van der Waals surface area contributed by atoms with Gasteiger partial charge in [-0.05, 0) is 56.2 Å². The molecule has 3 aromatic rings. The molecule has 2 N–H and O–H groups in total. The fourth-order valence-corrected chi connectivity index (χ4v) is 5.21. The molecule has 0 fully saturated rings. The minimum Gasteiger partial charge on any atom is -0.478 e. The van der Waals surface area contributed by atoms with Gasteiger partial charge in [0.25, 0.3) is 0 Å². The van der Waals surface area contributed by atoms with Crippen molar-refractivity contribution in [3.63, 3.8) is 0 Å². The molecule has 0 amide bonds. The third-order valence-corrected chi connectivity index (χ3v) is 6.96. The molecule has 0 bridgehead atoms.